The van der Waals surface area contributed by atoms with Gasteiger partial charge < -0.3 is 10.6 Å². The summed E-state index contributed by atoms with van der Waals surface area (Å²) in [6.45, 7) is 3.24. The van der Waals surface area contributed by atoms with E-state index in [9.17, 15) is 4.79 Å². The van der Waals surface area contributed by atoms with Crippen molar-refractivity contribution in [3.05, 3.63) is 39.9 Å². The molecule has 1 aromatic carbocycles. The van der Waals surface area contributed by atoms with Crippen molar-refractivity contribution in [1.82, 2.24) is 9.88 Å². The normalized spacial score (nSPS) is 18.2. The molecule has 1 saturated heterocycles. The fraction of sp³-hybridized carbons (Fsp3) is 0.333. The summed E-state index contributed by atoms with van der Waals surface area (Å²) in [6.07, 6.45) is 0.869. The van der Waals surface area contributed by atoms with E-state index >= 15 is 0 Å². The highest BCUT2D eigenvalue weighted by molar-refractivity contribution is 7.17. The number of rotatable bonds is 2. The average Bonchev–Trinajstić information content (AvgIpc) is 3.05. The lowest BCUT2D eigenvalue weighted by Gasteiger charge is -2.14. The van der Waals surface area contributed by atoms with E-state index in [1.807, 2.05) is 36.1 Å². The Morgan fingerprint density at radius 2 is 2.14 bits per heavy atom. The highest BCUT2D eigenvalue weighted by atomic mass is 35.5. The number of nitrogens with zero attached hydrogens (tertiary/aromatic N) is 2. The van der Waals surface area contributed by atoms with Gasteiger partial charge in [0, 0.05) is 29.7 Å². The number of nitrogens with two attached hydrogens (primary N) is 1. The molecule has 2 aromatic rings. The standard InChI is InChI=1S/C15H16ClN3OS/c1-9-13(15(20)19-7-6-12(17)8-19)21-14(18-9)10-2-4-11(16)5-3-10/h2-5,12H,6-8,17H2,1H3/t12-/m1/s1. The number of hydrogen-bond acceptors (Lipinski definition) is 4. The van der Waals surface area contributed by atoms with Gasteiger partial charge >= 0.3 is 0 Å². The first-order chi connectivity index (χ1) is 10.0. The molecule has 110 valence electrons. The maximum Gasteiger partial charge on any atom is 0.265 e. The molecule has 3 rings (SSSR count). The van der Waals surface area contributed by atoms with Crippen molar-refractivity contribution in [2.45, 2.75) is 19.4 Å². The van der Waals surface area contributed by atoms with Gasteiger partial charge in [0.25, 0.3) is 5.91 Å². The van der Waals surface area contributed by atoms with Gasteiger partial charge in [-0.25, -0.2) is 4.98 Å². The van der Waals surface area contributed by atoms with Gasteiger partial charge in [0.1, 0.15) is 9.88 Å². The fourth-order valence-corrected chi connectivity index (χ4v) is 3.59. The minimum absolute atomic E-state index is 0.0400. The molecule has 0 bridgehead atoms. The molecule has 1 aliphatic heterocycles. The zero-order valence-electron chi connectivity index (χ0n) is 11.7. The molecule has 1 atom stereocenters. The van der Waals surface area contributed by atoms with E-state index in [0.29, 0.717) is 16.4 Å². The predicted molar refractivity (Wildman–Crippen MR) is 85.8 cm³/mol. The Morgan fingerprint density at radius 3 is 2.76 bits per heavy atom. The third-order valence-electron chi connectivity index (χ3n) is 3.59. The largest absolute Gasteiger partial charge is 0.336 e. The van der Waals surface area contributed by atoms with Crippen LogP contribution in [-0.4, -0.2) is 34.9 Å². The Hall–Kier alpha value is -1.43. The van der Waals surface area contributed by atoms with Crippen molar-refractivity contribution >= 4 is 28.8 Å². The number of thiazole rings is 1. The lowest BCUT2D eigenvalue weighted by atomic mass is 10.2. The zero-order valence-corrected chi connectivity index (χ0v) is 13.2. The monoisotopic (exact) mass is 321 g/mol. The molecular formula is C15H16ClN3OS. The summed E-state index contributed by atoms with van der Waals surface area (Å²) in [7, 11) is 0. The van der Waals surface area contributed by atoms with Crippen molar-refractivity contribution in [2.75, 3.05) is 13.1 Å². The molecule has 0 saturated carbocycles. The number of aryl methyl sites for hydroxylation is 1. The molecule has 0 aliphatic carbocycles. The van der Waals surface area contributed by atoms with Crippen LogP contribution < -0.4 is 5.73 Å². The molecule has 1 aromatic heterocycles. The number of likely N-dealkylation sites (tertiary alicyclic amines) is 1. The van der Waals surface area contributed by atoms with Crippen LogP contribution in [0, 0.1) is 6.92 Å². The van der Waals surface area contributed by atoms with E-state index in [0.717, 1.165) is 29.2 Å². The molecule has 2 N–H and O–H groups in total. The minimum Gasteiger partial charge on any atom is -0.336 e. The van der Waals surface area contributed by atoms with E-state index < -0.39 is 0 Å². The van der Waals surface area contributed by atoms with Crippen LogP contribution >= 0.6 is 22.9 Å². The third-order valence-corrected chi connectivity index (χ3v) is 5.04. The first-order valence-corrected chi connectivity index (χ1v) is 8.02. The van der Waals surface area contributed by atoms with Gasteiger partial charge in [0.15, 0.2) is 0 Å². The molecule has 0 unspecified atom stereocenters. The minimum atomic E-state index is 0.0400. The Balaban J connectivity index is 1.87. The predicted octanol–water partition coefficient (Wildman–Crippen LogP) is 2.95. The summed E-state index contributed by atoms with van der Waals surface area (Å²) >= 11 is 7.32. The summed E-state index contributed by atoms with van der Waals surface area (Å²) in [5.41, 5.74) is 7.62. The van der Waals surface area contributed by atoms with E-state index in [-0.39, 0.29) is 11.9 Å². The molecule has 1 fully saturated rings. The fourth-order valence-electron chi connectivity index (χ4n) is 2.43. The first kappa shape index (κ1) is 14.5. The van der Waals surface area contributed by atoms with Gasteiger partial charge in [0.2, 0.25) is 0 Å². The second-order valence-corrected chi connectivity index (χ2v) is 6.68. The average molecular weight is 322 g/mol. The summed E-state index contributed by atoms with van der Waals surface area (Å²) in [4.78, 5) is 19.6. The molecule has 0 radical (unpaired) electrons. The van der Waals surface area contributed by atoms with Crippen LogP contribution in [0.2, 0.25) is 5.02 Å². The molecule has 4 nitrogen and oxygen atoms in total. The number of benzene rings is 1. The molecule has 21 heavy (non-hydrogen) atoms. The maximum absolute atomic E-state index is 12.5. The topological polar surface area (TPSA) is 59.2 Å². The van der Waals surface area contributed by atoms with E-state index in [4.69, 9.17) is 17.3 Å². The van der Waals surface area contributed by atoms with Gasteiger partial charge in [-0.2, -0.15) is 0 Å². The van der Waals surface area contributed by atoms with Crippen LogP contribution in [-0.2, 0) is 0 Å². The molecule has 2 heterocycles. The number of amides is 1. The number of aromatic nitrogens is 1. The molecular weight excluding hydrogens is 306 g/mol. The van der Waals surface area contributed by atoms with Gasteiger partial charge in [-0.3, -0.25) is 4.79 Å². The SMILES string of the molecule is Cc1nc(-c2ccc(Cl)cc2)sc1C(=O)N1CC[C@@H](N)C1. The van der Waals surface area contributed by atoms with Crippen LogP contribution in [0.15, 0.2) is 24.3 Å². The first-order valence-electron chi connectivity index (χ1n) is 6.83. The van der Waals surface area contributed by atoms with Crippen molar-refractivity contribution in [1.29, 1.82) is 0 Å². The Morgan fingerprint density at radius 1 is 1.43 bits per heavy atom. The summed E-state index contributed by atoms with van der Waals surface area (Å²) in [5.74, 6) is 0.0400. The van der Waals surface area contributed by atoms with Crippen molar-refractivity contribution in [3.8, 4) is 10.6 Å². The molecule has 1 amide bonds. The van der Waals surface area contributed by atoms with Crippen LogP contribution in [0.25, 0.3) is 10.6 Å². The van der Waals surface area contributed by atoms with E-state index in [1.165, 1.54) is 11.3 Å². The molecule has 6 heteroatoms. The number of hydrogen-bond donors (Lipinski definition) is 1. The number of carbonyl (C=O) groups is 1. The van der Waals surface area contributed by atoms with Crippen LogP contribution in [0.1, 0.15) is 21.8 Å². The zero-order chi connectivity index (χ0) is 15.0. The smallest absolute Gasteiger partial charge is 0.265 e. The maximum atomic E-state index is 12.5. The lowest BCUT2D eigenvalue weighted by molar-refractivity contribution is 0.0794. The second-order valence-electron chi connectivity index (χ2n) is 5.24. The molecule has 0 spiro atoms. The Bertz CT molecular complexity index is 668. The highest BCUT2D eigenvalue weighted by Gasteiger charge is 2.27. The Labute approximate surface area is 132 Å². The van der Waals surface area contributed by atoms with Crippen molar-refractivity contribution in [3.63, 3.8) is 0 Å². The van der Waals surface area contributed by atoms with Crippen LogP contribution in [0.4, 0.5) is 0 Å². The highest BCUT2D eigenvalue weighted by Crippen LogP contribution is 2.30. The van der Waals surface area contributed by atoms with Gasteiger partial charge in [-0.15, -0.1) is 11.3 Å². The van der Waals surface area contributed by atoms with Crippen LogP contribution in [0.5, 0.6) is 0 Å². The molecule has 1 aliphatic rings. The van der Waals surface area contributed by atoms with Gasteiger partial charge in [0.05, 0.1) is 5.69 Å². The van der Waals surface area contributed by atoms with E-state index in [1.54, 1.807) is 0 Å². The van der Waals surface area contributed by atoms with Gasteiger partial charge in [-0.1, -0.05) is 23.7 Å². The quantitative estimate of drug-likeness (QED) is 0.925. The van der Waals surface area contributed by atoms with Crippen molar-refractivity contribution < 1.29 is 4.79 Å². The third kappa shape index (κ3) is 2.95. The van der Waals surface area contributed by atoms with Gasteiger partial charge in [-0.05, 0) is 25.5 Å². The Kier molecular flexibility index (Phi) is 3.97. The number of carbonyl (C=O) groups excluding carboxylic acids is 1. The number of halogens is 1. The second kappa shape index (κ2) is 5.75. The lowest BCUT2D eigenvalue weighted by Crippen LogP contribution is -2.31. The van der Waals surface area contributed by atoms with Crippen LogP contribution in [0.3, 0.4) is 0 Å². The van der Waals surface area contributed by atoms with E-state index in [2.05, 4.69) is 4.98 Å². The van der Waals surface area contributed by atoms with Crippen molar-refractivity contribution in [2.24, 2.45) is 5.73 Å². The summed E-state index contributed by atoms with van der Waals surface area (Å²) in [6, 6.07) is 7.59. The summed E-state index contributed by atoms with van der Waals surface area (Å²) in [5, 5.41) is 1.53. The summed E-state index contributed by atoms with van der Waals surface area (Å²) < 4.78 is 0.